The van der Waals surface area contributed by atoms with Gasteiger partial charge in [-0.15, -0.1) is 0 Å². The topological polar surface area (TPSA) is 71.3 Å². The van der Waals surface area contributed by atoms with Crippen molar-refractivity contribution in [2.75, 3.05) is 13.6 Å². The first-order valence-electron chi connectivity index (χ1n) is 8.57. The van der Waals surface area contributed by atoms with Crippen molar-refractivity contribution < 1.29 is 9.32 Å². The maximum atomic E-state index is 13.1. The highest BCUT2D eigenvalue weighted by Gasteiger charge is 2.28. The second-order valence-corrected chi connectivity index (χ2v) is 6.62. The molecule has 6 heteroatoms. The van der Waals surface area contributed by atoms with Crippen LogP contribution in [0, 0.1) is 6.92 Å². The van der Waals surface area contributed by atoms with Crippen LogP contribution in [0.15, 0.2) is 53.3 Å². The lowest BCUT2D eigenvalue weighted by atomic mass is 9.95. The molecule has 1 aromatic carbocycles. The molecule has 2 aromatic heterocycles. The van der Waals surface area contributed by atoms with Gasteiger partial charge in [0.25, 0.3) is 5.91 Å². The van der Waals surface area contributed by atoms with Crippen molar-refractivity contribution in [3.8, 4) is 11.3 Å². The summed E-state index contributed by atoms with van der Waals surface area (Å²) in [7, 11) is 2.06. The van der Waals surface area contributed by atoms with Crippen LogP contribution in [0.3, 0.4) is 0 Å². The van der Waals surface area contributed by atoms with E-state index in [0.717, 1.165) is 18.7 Å². The number of likely N-dealkylation sites (N-methyl/N-ethyl adjacent to an activating group) is 1. The highest BCUT2D eigenvalue weighted by atomic mass is 16.5. The maximum absolute atomic E-state index is 13.1. The van der Waals surface area contributed by atoms with E-state index in [0.29, 0.717) is 17.0 Å². The molecule has 0 saturated carbocycles. The van der Waals surface area contributed by atoms with Gasteiger partial charge in [-0.3, -0.25) is 14.7 Å². The summed E-state index contributed by atoms with van der Waals surface area (Å²) in [4.78, 5) is 19.3. The van der Waals surface area contributed by atoms with Crippen molar-refractivity contribution in [3.63, 3.8) is 0 Å². The minimum Gasteiger partial charge on any atom is -0.360 e. The Morgan fingerprint density at radius 1 is 1.23 bits per heavy atom. The van der Waals surface area contributed by atoms with E-state index in [-0.39, 0.29) is 11.9 Å². The molecular formula is C20H20N4O2. The van der Waals surface area contributed by atoms with E-state index in [1.165, 1.54) is 11.1 Å². The number of nitrogens with zero attached hydrogens (tertiary/aromatic N) is 3. The third-order valence-electron chi connectivity index (χ3n) is 4.71. The first-order chi connectivity index (χ1) is 12.6. The third kappa shape index (κ3) is 2.99. The van der Waals surface area contributed by atoms with Crippen molar-refractivity contribution in [3.05, 3.63) is 71.2 Å². The zero-order valence-electron chi connectivity index (χ0n) is 14.8. The van der Waals surface area contributed by atoms with E-state index in [9.17, 15) is 4.79 Å². The van der Waals surface area contributed by atoms with Crippen LogP contribution < -0.4 is 5.32 Å². The summed E-state index contributed by atoms with van der Waals surface area (Å²) in [6.45, 7) is 3.41. The van der Waals surface area contributed by atoms with Crippen LogP contribution in [0.4, 0.5) is 0 Å². The molecule has 0 fully saturated rings. The lowest BCUT2D eigenvalue weighted by Gasteiger charge is -2.32. The SMILES string of the molecule is Cc1onc(-c2ccncc2)c1C(=O)NC1CN(C)Cc2ccccc21. The fourth-order valence-corrected chi connectivity index (χ4v) is 3.48. The van der Waals surface area contributed by atoms with Gasteiger partial charge in [0.05, 0.1) is 6.04 Å². The molecule has 1 aliphatic rings. The number of carbonyl (C=O) groups is 1. The van der Waals surface area contributed by atoms with Crippen LogP contribution >= 0.6 is 0 Å². The van der Waals surface area contributed by atoms with Crippen molar-refractivity contribution in [2.24, 2.45) is 0 Å². The van der Waals surface area contributed by atoms with E-state index in [1.54, 1.807) is 19.3 Å². The van der Waals surface area contributed by atoms with Crippen molar-refractivity contribution in [2.45, 2.75) is 19.5 Å². The van der Waals surface area contributed by atoms with Gasteiger partial charge in [-0.25, -0.2) is 0 Å². The zero-order chi connectivity index (χ0) is 18.1. The minimum atomic E-state index is -0.175. The van der Waals surface area contributed by atoms with Crippen molar-refractivity contribution in [1.29, 1.82) is 0 Å². The Labute approximate surface area is 151 Å². The third-order valence-corrected chi connectivity index (χ3v) is 4.71. The number of nitrogens with one attached hydrogen (secondary N) is 1. The molecule has 6 nitrogen and oxygen atoms in total. The average Bonchev–Trinajstić information content (AvgIpc) is 3.04. The van der Waals surface area contributed by atoms with Crippen LogP contribution in [0.5, 0.6) is 0 Å². The summed E-state index contributed by atoms with van der Waals surface area (Å²) in [5, 5.41) is 7.25. The van der Waals surface area contributed by atoms with Crippen molar-refractivity contribution in [1.82, 2.24) is 20.4 Å². The molecule has 132 valence electrons. The van der Waals surface area contributed by atoms with E-state index >= 15 is 0 Å². The second kappa shape index (κ2) is 6.72. The monoisotopic (exact) mass is 348 g/mol. The van der Waals surface area contributed by atoms with Gasteiger partial charge >= 0.3 is 0 Å². The standard InChI is InChI=1S/C20H20N4O2/c1-13-18(19(23-26-13)14-7-9-21-10-8-14)20(25)22-17-12-24(2)11-15-5-3-4-6-16(15)17/h3-10,17H,11-12H2,1-2H3,(H,22,25). The summed E-state index contributed by atoms with van der Waals surface area (Å²) >= 11 is 0. The fraction of sp³-hybridized carbons (Fsp3) is 0.250. The molecule has 0 aliphatic carbocycles. The number of pyridine rings is 1. The summed E-state index contributed by atoms with van der Waals surface area (Å²) in [5.74, 6) is 0.331. The predicted molar refractivity (Wildman–Crippen MR) is 97.5 cm³/mol. The van der Waals surface area contributed by atoms with Crippen LogP contribution in [-0.2, 0) is 6.54 Å². The first-order valence-corrected chi connectivity index (χ1v) is 8.57. The largest absolute Gasteiger partial charge is 0.360 e. The van der Waals surface area contributed by atoms with E-state index in [2.05, 4.69) is 39.5 Å². The summed E-state index contributed by atoms with van der Waals surface area (Å²) < 4.78 is 5.31. The summed E-state index contributed by atoms with van der Waals surface area (Å²) in [6, 6.07) is 11.8. The fourth-order valence-electron chi connectivity index (χ4n) is 3.48. The van der Waals surface area contributed by atoms with Crippen LogP contribution in [0.1, 0.15) is 33.3 Å². The number of hydrogen-bond acceptors (Lipinski definition) is 5. The van der Waals surface area contributed by atoms with Gasteiger partial charge in [-0.2, -0.15) is 0 Å². The van der Waals surface area contributed by atoms with Crippen LogP contribution in [0.2, 0.25) is 0 Å². The molecule has 1 aliphatic heterocycles. The Morgan fingerprint density at radius 2 is 2.00 bits per heavy atom. The summed E-state index contributed by atoms with van der Waals surface area (Å²) in [5.41, 5.74) is 4.23. The van der Waals surface area contributed by atoms with Gasteiger partial charge in [-0.1, -0.05) is 29.4 Å². The number of amides is 1. The number of aromatic nitrogens is 2. The molecule has 0 spiro atoms. The Balaban J connectivity index is 1.65. The number of benzene rings is 1. The van der Waals surface area contributed by atoms with Gasteiger partial charge in [-0.05, 0) is 37.2 Å². The second-order valence-electron chi connectivity index (χ2n) is 6.62. The number of aryl methyl sites for hydroxylation is 1. The highest BCUT2D eigenvalue weighted by Crippen LogP contribution is 2.28. The van der Waals surface area contributed by atoms with Crippen molar-refractivity contribution >= 4 is 5.91 Å². The van der Waals surface area contributed by atoms with E-state index in [4.69, 9.17) is 4.52 Å². The van der Waals surface area contributed by atoms with Crippen LogP contribution in [-0.4, -0.2) is 34.5 Å². The quantitative estimate of drug-likeness (QED) is 0.788. The minimum absolute atomic E-state index is 0.0722. The molecule has 1 N–H and O–H groups in total. The molecule has 1 unspecified atom stereocenters. The molecule has 26 heavy (non-hydrogen) atoms. The zero-order valence-corrected chi connectivity index (χ0v) is 14.8. The molecule has 0 radical (unpaired) electrons. The van der Waals surface area contributed by atoms with Gasteiger partial charge in [0.15, 0.2) is 0 Å². The lowest BCUT2D eigenvalue weighted by Crippen LogP contribution is -2.40. The molecule has 0 bridgehead atoms. The van der Waals surface area contributed by atoms with Gasteiger partial charge in [0.2, 0.25) is 0 Å². The Bertz CT molecular complexity index is 936. The van der Waals surface area contributed by atoms with Gasteiger partial charge in [0, 0.05) is 31.0 Å². The molecule has 0 saturated heterocycles. The van der Waals surface area contributed by atoms with E-state index < -0.39 is 0 Å². The Morgan fingerprint density at radius 3 is 2.81 bits per heavy atom. The molecule has 3 heterocycles. The summed E-state index contributed by atoms with van der Waals surface area (Å²) in [6.07, 6.45) is 3.35. The molecule has 4 rings (SSSR count). The average molecular weight is 348 g/mol. The van der Waals surface area contributed by atoms with Crippen LogP contribution in [0.25, 0.3) is 11.3 Å². The normalized spacial score (nSPS) is 16.9. The lowest BCUT2D eigenvalue weighted by molar-refractivity contribution is 0.0921. The van der Waals surface area contributed by atoms with Gasteiger partial charge in [0.1, 0.15) is 17.0 Å². The molecule has 3 aromatic rings. The first kappa shape index (κ1) is 16.5. The number of carbonyl (C=O) groups excluding carboxylic acids is 1. The Kier molecular flexibility index (Phi) is 4.26. The van der Waals surface area contributed by atoms with Gasteiger partial charge < -0.3 is 9.84 Å². The number of hydrogen-bond donors (Lipinski definition) is 1. The number of fused-ring (bicyclic) bond motifs is 1. The van der Waals surface area contributed by atoms with E-state index in [1.807, 2.05) is 24.3 Å². The Hall–Kier alpha value is -2.99. The molecule has 1 amide bonds. The highest BCUT2D eigenvalue weighted by molar-refractivity contribution is 6.01. The number of rotatable bonds is 3. The predicted octanol–water partition coefficient (Wildman–Crippen LogP) is 2.96. The maximum Gasteiger partial charge on any atom is 0.257 e. The molecular weight excluding hydrogens is 328 g/mol. The smallest absolute Gasteiger partial charge is 0.257 e. The molecule has 1 atom stereocenters.